The van der Waals surface area contributed by atoms with Crippen LogP contribution in [0.1, 0.15) is 41.2 Å². The van der Waals surface area contributed by atoms with Gasteiger partial charge in [0.05, 0.1) is 31.2 Å². The minimum absolute atomic E-state index is 0.402. The number of carbonyl (C=O) groups excluding carboxylic acids is 1. The van der Waals surface area contributed by atoms with Gasteiger partial charge in [-0.15, -0.1) is 0 Å². The number of ether oxygens (including phenoxy) is 2. The SMILES string of the molecule is COC(=O)c1ccc(OC)c(Nc2cc(C3CC3)nc(NCCCN(C)C)n2)c1. The minimum atomic E-state index is -0.402. The van der Waals surface area contributed by atoms with Crippen molar-refractivity contribution in [1.29, 1.82) is 0 Å². The van der Waals surface area contributed by atoms with Crippen molar-refractivity contribution < 1.29 is 14.3 Å². The molecule has 156 valence electrons. The van der Waals surface area contributed by atoms with Crippen molar-refractivity contribution in [3.63, 3.8) is 0 Å². The molecular weight excluding hydrogens is 370 g/mol. The first-order valence-corrected chi connectivity index (χ1v) is 9.81. The maximum atomic E-state index is 11.9. The lowest BCUT2D eigenvalue weighted by molar-refractivity contribution is 0.0600. The van der Waals surface area contributed by atoms with E-state index >= 15 is 0 Å². The summed E-state index contributed by atoms with van der Waals surface area (Å²) < 4.78 is 10.2. The number of carbonyl (C=O) groups is 1. The predicted molar refractivity (Wildman–Crippen MR) is 113 cm³/mol. The second-order valence-corrected chi connectivity index (χ2v) is 7.39. The third-order valence-corrected chi connectivity index (χ3v) is 4.69. The van der Waals surface area contributed by atoms with E-state index in [1.165, 1.54) is 7.11 Å². The zero-order valence-electron chi connectivity index (χ0n) is 17.5. The number of methoxy groups -OCH3 is 2. The average Bonchev–Trinajstić information content (AvgIpc) is 3.56. The maximum absolute atomic E-state index is 11.9. The summed E-state index contributed by atoms with van der Waals surface area (Å²) in [7, 11) is 7.07. The molecule has 1 heterocycles. The molecule has 0 amide bonds. The molecule has 1 saturated carbocycles. The molecule has 0 bridgehead atoms. The van der Waals surface area contributed by atoms with Crippen molar-refractivity contribution in [2.75, 3.05) is 52.0 Å². The van der Waals surface area contributed by atoms with Gasteiger partial charge in [0.2, 0.25) is 5.95 Å². The summed E-state index contributed by atoms with van der Waals surface area (Å²) in [6.45, 7) is 1.80. The number of rotatable bonds is 10. The van der Waals surface area contributed by atoms with Gasteiger partial charge in [-0.1, -0.05) is 0 Å². The standard InChI is InChI=1S/C21H29N5O3/c1-26(2)11-5-10-22-21-24-16(14-6-7-14)13-19(25-21)23-17-12-15(20(27)29-4)8-9-18(17)28-3/h8-9,12-14H,5-7,10-11H2,1-4H3,(H2,22,23,24,25). The highest BCUT2D eigenvalue weighted by molar-refractivity contribution is 5.91. The second kappa shape index (κ2) is 9.56. The van der Waals surface area contributed by atoms with E-state index in [2.05, 4.69) is 39.6 Å². The first kappa shape index (κ1) is 20.9. The van der Waals surface area contributed by atoms with Gasteiger partial charge in [-0.3, -0.25) is 0 Å². The summed E-state index contributed by atoms with van der Waals surface area (Å²) in [5.74, 6) is 1.98. The molecule has 8 heteroatoms. The summed E-state index contributed by atoms with van der Waals surface area (Å²) in [5.41, 5.74) is 2.12. The number of esters is 1. The van der Waals surface area contributed by atoms with Crippen molar-refractivity contribution in [2.45, 2.75) is 25.2 Å². The summed E-state index contributed by atoms with van der Waals surface area (Å²) >= 11 is 0. The molecule has 3 rings (SSSR count). The molecule has 0 spiro atoms. The Hall–Kier alpha value is -2.87. The van der Waals surface area contributed by atoms with Crippen LogP contribution in [0.2, 0.25) is 0 Å². The summed E-state index contributed by atoms with van der Waals surface area (Å²) in [6, 6.07) is 7.07. The molecule has 8 nitrogen and oxygen atoms in total. The van der Waals surface area contributed by atoms with Gasteiger partial charge in [-0.25, -0.2) is 9.78 Å². The van der Waals surface area contributed by atoms with Gasteiger partial charge in [0.25, 0.3) is 0 Å². The van der Waals surface area contributed by atoms with Crippen LogP contribution in [-0.2, 0) is 4.74 Å². The van der Waals surface area contributed by atoms with E-state index in [0.29, 0.717) is 34.7 Å². The lowest BCUT2D eigenvalue weighted by atomic mass is 10.2. The molecular formula is C21H29N5O3. The Morgan fingerprint density at radius 3 is 2.66 bits per heavy atom. The highest BCUT2D eigenvalue weighted by Crippen LogP contribution is 2.40. The van der Waals surface area contributed by atoms with Gasteiger partial charge in [0.15, 0.2) is 0 Å². The van der Waals surface area contributed by atoms with Crippen LogP contribution in [0.5, 0.6) is 5.75 Å². The third-order valence-electron chi connectivity index (χ3n) is 4.69. The molecule has 1 aromatic carbocycles. The number of hydrogen-bond acceptors (Lipinski definition) is 8. The number of aromatic nitrogens is 2. The van der Waals surface area contributed by atoms with Crippen LogP contribution in [0.3, 0.4) is 0 Å². The third kappa shape index (κ3) is 5.80. The number of nitrogens with zero attached hydrogens (tertiary/aromatic N) is 3. The molecule has 1 aromatic heterocycles. The molecule has 0 radical (unpaired) electrons. The molecule has 1 fully saturated rings. The number of nitrogens with one attached hydrogen (secondary N) is 2. The van der Waals surface area contributed by atoms with Crippen LogP contribution in [0, 0.1) is 0 Å². The van der Waals surface area contributed by atoms with Gasteiger partial charge in [-0.2, -0.15) is 4.98 Å². The van der Waals surface area contributed by atoms with Gasteiger partial charge < -0.3 is 25.0 Å². The van der Waals surface area contributed by atoms with Crippen LogP contribution >= 0.6 is 0 Å². The van der Waals surface area contributed by atoms with Crippen molar-refractivity contribution in [3.05, 3.63) is 35.5 Å². The Kier molecular flexibility index (Phi) is 6.87. The van der Waals surface area contributed by atoms with E-state index in [0.717, 1.165) is 38.0 Å². The fraction of sp³-hybridized carbons (Fsp3) is 0.476. The molecule has 1 aliphatic rings. The lowest BCUT2D eigenvalue weighted by Gasteiger charge is -2.14. The van der Waals surface area contributed by atoms with E-state index in [4.69, 9.17) is 9.47 Å². The fourth-order valence-electron chi connectivity index (χ4n) is 2.98. The molecule has 0 unspecified atom stereocenters. The highest BCUT2D eigenvalue weighted by atomic mass is 16.5. The topological polar surface area (TPSA) is 88.6 Å². The fourth-order valence-corrected chi connectivity index (χ4v) is 2.98. The molecule has 0 saturated heterocycles. The van der Waals surface area contributed by atoms with E-state index in [9.17, 15) is 4.79 Å². The average molecular weight is 399 g/mol. The largest absolute Gasteiger partial charge is 0.495 e. The van der Waals surface area contributed by atoms with E-state index < -0.39 is 5.97 Å². The second-order valence-electron chi connectivity index (χ2n) is 7.39. The van der Waals surface area contributed by atoms with Crippen LogP contribution in [0.25, 0.3) is 0 Å². The van der Waals surface area contributed by atoms with E-state index in [1.54, 1.807) is 25.3 Å². The Balaban J connectivity index is 1.81. The zero-order chi connectivity index (χ0) is 20.8. The van der Waals surface area contributed by atoms with Gasteiger partial charge in [0.1, 0.15) is 11.6 Å². The molecule has 2 N–H and O–H groups in total. The Morgan fingerprint density at radius 2 is 2.00 bits per heavy atom. The Bertz CT molecular complexity index is 852. The van der Waals surface area contributed by atoms with Crippen molar-refractivity contribution in [3.8, 4) is 5.75 Å². The van der Waals surface area contributed by atoms with E-state index in [-0.39, 0.29) is 0 Å². The predicted octanol–water partition coefficient (Wildman–Crippen LogP) is 3.26. The first-order valence-electron chi connectivity index (χ1n) is 9.81. The minimum Gasteiger partial charge on any atom is -0.495 e. The summed E-state index contributed by atoms with van der Waals surface area (Å²) in [6.07, 6.45) is 3.30. The van der Waals surface area contributed by atoms with Crippen molar-refractivity contribution in [2.24, 2.45) is 0 Å². The van der Waals surface area contributed by atoms with Crippen LogP contribution < -0.4 is 15.4 Å². The normalized spacial score (nSPS) is 13.3. The zero-order valence-corrected chi connectivity index (χ0v) is 17.5. The first-order chi connectivity index (χ1) is 14.0. The van der Waals surface area contributed by atoms with Crippen molar-refractivity contribution in [1.82, 2.24) is 14.9 Å². The summed E-state index contributed by atoms with van der Waals surface area (Å²) in [4.78, 5) is 23.3. The maximum Gasteiger partial charge on any atom is 0.337 e. The Morgan fingerprint density at radius 1 is 1.21 bits per heavy atom. The monoisotopic (exact) mass is 399 g/mol. The van der Waals surface area contributed by atoms with Crippen LogP contribution in [0.15, 0.2) is 24.3 Å². The van der Waals surface area contributed by atoms with E-state index in [1.807, 2.05) is 6.07 Å². The highest BCUT2D eigenvalue weighted by Gasteiger charge is 2.26. The number of benzene rings is 1. The Labute approximate surface area is 171 Å². The molecule has 2 aromatic rings. The quantitative estimate of drug-likeness (QED) is 0.465. The number of anilines is 3. The van der Waals surface area contributed by atoms with Gasteiger partial charge >= 0.3 is 5.97 Å². The van der Waals surface area contributed by atoms with Crippen LogP contribution in [0.4, 0.5) is 17.5 Å². The smallest absolute Gasteiger partial charge is 0.337 e. The molecule has 1 aliphatic carbocycles. The van der Waals surface area contributed by atoms with Crippen molar-refractivity contribution >= 4 is 23.4 Å². The summed E-state index contributed by atoms with van der Waals surface area (Å²) in [5, 5.41) is 6.61. The lowest BCUT2D eigenvalue weighted by Crippen LogP contribution is -2.17. The molecule has 29 heavy (non-hydrogen) atoms. The molecule has 0 aliphatic heterocycles. The molecule has 0 atom stereocenters. The van der Waals surface area contributed by atoms with Crippen LogP contribution in [-0.4, -0.2) is 62.2 Å². The number of hydrogen-bond donors (Lipinski definition) is 2. The van der Waals surface area contributed by atoms with Gasteiger partial charge in [-0.05, 0) is 58.1 Å². The van der Waals surface area contributed by atoms with Gasteiger partial charge in [0, 0.05) is 18.5 Å².